The summed E-state index contributed by atoms with van der Waals surface area (Å²) in [4.78, 5) is 11.5. The Labute approximate surface area is 124 Å². The minimum atomic E-state index is -1.09. The molecule has 0 saturated carbocycles. The molecule has 2 atom stereocenters. The van der Waals surface area contributed by atoms with Gasteiger partial charge in [-0.1, -0.05) is 79.6 Å². The number of alkyl halides is 5. The van der Waals surface area contributed by atoms with Crippen molar-refractivity contribution >= 4 is 85.6 Å². The predicted molar refractivity (Wildman–Crippen MR) is 74.8 cm³/mol. The van der Waals surface area contributed by atoms with E-state index in [0.717, 1.165) is 0 Å². The standard InChI is InChI=1S/C6H8Br5NO2/c1-5(8,2-7)3(13)12-4(14)6(9,10)11/h4,14H,2H2,1H3,(H,12,13)/t4-,5-/m0/s1. The molecule has 0 rings (SSSR count). The number of rotatable bonds is 3. The zero-order valence-corrected chi connectivity index (χ0v) is 15.0. The third-order valence-corrected chi connectivity index (χ3v) is 5.12. The van der Waals surface area contributed by atoms with Crippen LogP contribution in [0.2, 0.25) is 0 Å². The number of hydrogen-bond donors (Lipinski definition) is 2. The van der Waals surface area contributed by atoms with Gasteiger partial charge in [0.2, 0.25) is 5.91 Å². The van der Waals surface area contributed by atoms with E-state index in [-0.39, 0.29) is 5.91 Å². The lowest BCUT2D eigenvalue weighted by Gasteiger charge is -2.25. The summed E-state index contributed by atoms with van der Waals surface area (Å²) in [5.74, 6) is -0.315. The minimum absolute atomic E-state index is 0.315. The number of aliphatic hydroxyl groups excluding tert-OH is 1. The molecular formula is C6H8Br5NO2. The lowest BCUT2D eigenvalue weighted by molar-refractivity contribution is -0.125. The van der Waals surface area contributed by atoms with E-state index < -0.39 is 12.7 Å². The maximum atomic E-state index is 11.5. The SMILES string of the molecule is C[C@](Br)(CBr)C(=O)N[C@@H](O)C(Br)(Br)Br. The number of amides is 1. The fraction of sp³-hybridized carbons (Fsp3) is 0.833. The Balaban J connectivity index is 4.35. The Kier molecular flexibility index (Phi) is 6.73. The van der Waals surface area contributed by atoms with Crippen LogP contribution in [-0.4, -0.2) is 29.0 Å². The second kappa shape index (κ2) is 5.95. The van der Waals surface area contributed by atoms with Crippen molar-refractivity contribution in [3.05, 3.63) is 0 Å². The van der Waals surface area contributed by atoms with Gasteiger partial charge in [-0.25, -0.2) is 0 Å². The first kappa shape index (κ1) is 15.8. The van der Waals surface area contributed by atoms with Crippen molar-refractivity contribution in [3.63, 3.8) is 0 Å². The summed E-state index contributed by atoms with van der Waals surface area (Å²) in [5, 5.41) is 12.4. The quantitative estimate of drug-likeness (QED) is 0.440. The van der Waals surface area contributed by atoms with Gasteiger partial charge in [0.1, 0.15) is 4.32 Å². The van der Waals surface area contributed by atoms with E-state index in [4.69, 9.17) is 0 Å². The average Bonchev–Trinajstić information content (AvgIpc) is 2.02. The van der Waals surface area contributed by atoms with E-state index in [1.807, 2.05) is 0 Å². The number of hydrogen-bond acceptors (Lipinski definition) is 2. The summed E-state index contributed by atoms with van der Waals surface area (Å²) >= 11 is 15.7. The maximum absolute atomic E-state index is 11.5. The van der Waals surface area contributed by atoms with Gasteiger partial charge in [0.15, 0.2) is 8.37 Å². The van der Waals surface area contributed by atoms with Crippen molar-refractivity contribution in [3.8, 4) is 0 Å². The number of carbonyl (C=O) groups excluding carboxylic acids is 1. The molecule has 0 saturated heterocycles. The minimum Gasteiger partial charge on any atom is -0.370 e. The van der Waals surface area contributed by atoms with Gasteiger partial charge in [-0.05, 0) is 6.92 Å². The molecule has 0 aliphatic heterocycles. The second-order valence-electron chi connectivity index (χ2n) is 2.75. The Morgan fingerprint density at radius 1 is 1.43 bits per heavy atom. The zero-order valence-electron chi connectivity index (χ0n) is 7.03. The molecule has 84 valence electrons. The predicted octanol–water partition coefficient (Wildman–Crippen LogP) is 2.81. The summed E-state index contributed by atoms with van der Waals surface area (Å²) in [5.41, 5.74) is 0. The van der Waals surface area contributed by atoms with E-state index in [1.54, 1.807) is 6.92 Å². The van der Waals surface area contributed by atoms with Crippen LogP contribution in [0.5, 0.6) is 0 Å². The molecule has 0 unspecified atom stereocenters. The summed E-state index contributed by atoms with van der Waals surface area (Å²) in [7, 11) is 0. The largest absolute Gasteiger partial charge is 0.370 e. The van der Waals surface area contributed by atoms with Crippen LogP contribution >= 0.6 is 79.6 Å². The fourth-order valence-electron chi connectivity index (χ4n) is 0.417. The van der Waals surface area contributed by atoms with E-state index >= 15 is 0 Å². The first-order valence-corrected chi connectivity index (χ1v) is 7.71. The lowest BCUT2D eigenvalue weighted by Crippen LogP contribution is -2.50. The molecule has 0 fully saturated rings. The summed E-state index contributed by atoms with van der Waals surface area (Å²) in [6.45, 7) is 1.70. The number of aliphatic hydroxyl groups is 1. The monoisotopic (exact) mass is 521 g/mol. The Morgan fingerprint density at radius 3 is 2.14 bits per heavy atom. The highest BCUT2D eigenvalue weighted by Gasteiger charge is 2.35. The van der Waals surface area contributed by atoms with Gasteiger partial charge in [0, 0.05) is 5.33 Å². The molecule has 0 radical (unpaired) electrons. The highest BCUT2D eigenvalue weighted by Crippen LogP contribution is 2.36. The number of nitrogens with one attached hydrogen (secondary N) is 1. The van der Waals surface area contributed by atoms with Gasteiger partial charge < -0.3 is 10.4 Å². The van der Waals surface area contributed by atoms with Crippen LogP contribution in [-0.2, 0) is 4.79 Å². The van der Waals surface area contributed by atoms with Crippen LogP contribution in [0.3, 0.4) is 0 Å². The van der Waals surface area contributed by atoms with Crippen molar-refractivity contribution in [1.82, 2.24) is 5.32 Å². The van der Waals surface area contributed by atoms with Crippen molar-refractivity contribution in [2.45, 2.75) is 19.6 Å². The summed E-state index contributed by atoms with van der Waals surface area (Å²) < 4.78 is -1.66. The molecule has 0 aliphatic carbocycles. The van der Waals surface area contributed by atoms with Crippen molar-refractivity contribution in [1.29, 1.82) is 0 Å². The maximum Gasteiger partial charge on any atom is 0.239 e. The Morgan fingerprint density at radius 2 is 1.86 bits per heavy atom. The highest BCUT2D eigenvalue weighted by atomic mass is 80.0. The zero-order chi connectivity index (χ0) is 11.6. The van der Waals surface area contributed by atoms with Gasteiger partial charge in [0.05, 0.1) is 0 Å². The van der Waals surface area contributed by atoms with Crippen molar-refractivity contribution in [2.75, 3.05) is 5.33 Å². The number of halogens is 5. The lowest BCUT2D eigenvalue weighted by atomic mass is 10.2. The second-order valence-corrected chi connectivity index (χ2v) is 12.0. The van der Waals surface area contributed by atoms with E-state index in [9.17, 15) is 9.90 Å². The molecule has 2 N–H and O–H groups in total. The fourth-order valence-corrected chi connectivity index (χ4v) is 1.13. The number of carbonyl (C=O) groups is 1. The van der Waals surface area contributed by atoms with E-state index in [0.29, 0.717) is 5.33 Å². The molecule has 0 bridgehead atoms. The molecule has 0 aromatic rings. The summed E-state index contributed by atoms with van der Waals surface area (Å²) in [6, 6.07) is 0. The molecule has 1 amide bonds. The molecule has 0 aromatic carbocycles. The van der Waals surface area contributed by atoms with Gasteiger partial charge in [-0.2, -0.15) is 0 Å². The Bertz CT molecular complexity index is 215. The third kappa shape index (κ3) is 5.25. The third-order valence-electron chi connectivity index (χ3n) is 1.30. The average molecular weight is 526 g/mol. The van der Waals surface area contributed by atoms with Gasteiger partial charge in [0.25, 0.3) is 0 Å². The van der Waals surface area contributed by atoms with Crippen LogP contribution in [0, 0.1) is 0 Å². The first-order chi connectivity index (χ1) is 6.11. The molecule has 0 aliphatic rings. The summed E-state index contributed by atoms with van der Waals surface area (Å²) in [6.07, 6.45) is -1.09. The molecule has 3 nitrogen and oxygen atoms in total. The van der Waals surface area contributed by atoms with E-state index in [2.05, 4.69) is 85.0 Å². The van der Waals surface area contributed by atoms with Gasteiger partial charge in [-0.3, -0.25) is 4.79 Å². The molecular weight excluding hydrogens is 518 g/mol. The molecule has 0 heterocycles. The van der Waals surface area contributed by atoms with Gasteiger partial charge >= 0.3 is 0 Å². The van der Waals surface area contributed by atoms with Crippen LogP contribution in [0.25, 0.3) is 0 Å². The highest BCUT2D eigenvalue weighted by molar-refractivity contribution is 9.39. The van der Waals surface area contributed by atoms with Crippen molar-refractivity contribution in [2.24, 2.45) is 0 Å². The molecule has 14 heavy (non-hydrogen) atoms. The van der Waals surface area contributed by atoms with Crippen LogP contribution in [0.1, 0.15) is 6.92 Å². The smallest absolute Gasteiger partial charge is 0.239 e. The molecule has 0 aromatic heterocycles. The van der Waals surface area contributed by atoms with Gasteiger partial charge in [-0.15, -0.1) is 0 Å². The molecule has 8 heteroatoms. The van der Waals surface area contributed by atoms with Crippen LogP contribution in [0.15, 0.2) is 0 Å². The van der Waals surface area contributed by atoms with Crippen LogP contribution < -0.4 is 5.32 Å². The normalized spacial score (nSPS) is 18.5. The first-order valence-electron chi connectivity index (χ1n) is 3.42. The van der Waals surface area contributed by atoms with Crippen LogP contribution in [0.4, 0.5) is 0 Å². The van der Waals surface area contributed by atoms with Crippen molar-refractivity contribution < 1.29 is 9.90 Å². The topological polar surface area (TPSA) is 49.3 Å². The van der Waals surface area contributed by atoms with E-state index in [1.165, 1.54) is 0 Å². The Hall–Kier alpha value is 1.83. The molecule has 0 spiro atoms.